The van der Waals surface area contributed by atoms with Crippen molar-refractivity contribution in [3.05, 3.63) is 71.1 Å². The molecule has 0 unspecified atom stereocenters. The van der Waals surface area contributed by atoms with Gasteiger partial charge in [-0.3, -0.25) is 9.59 Å². The summed E-state index contributed by atoms with van der Waals surface area (Å²) in [6, 6.07) is 10.1. The average molecular weight is 554 g/mol. The SMILES string of the molecule is C[C@H](CN)COc1cc(S(C)(=O)=O)ccc1C(=O)Nc1cccnc1C(=O)Nc1ccc(Cl)cn1.Cl. The van der Waals surface area contributed by atoms with E-state index in [-0.39, 0.29) is 58.3 Å². The highest BCUT2D eigenvalue weighted by molar-refractivity contribution is 7.90. The largest absolute Gasteiger partial charge is 0.492 e. The second kappa shape index (κ2) is 12.6. The quantitative estimate of drug-likeness (QED) is 0.364. The van der Waals surface area contributed by atoms with Crippen LogP contribution >= 0.6 is 24.0 Å². The predicted molar refractivity (Wildman–Crippen MR) is 140 cm³/mol. The molecule has 3 rings (SSSR count). The summed E-state index contributed by atoms with van der Waals surface area (Å²) in [6.45, 7) is 2.39. The number of nitrogens with one attached hydrogen (secondary N) is 2. The van der Waals surface area contributed by atoms with Crippen molar-refractivity contribution < 1.29 is 22.7 Å². The Bertz CT molecular complexity index is 1340. The number of benzene rings is 1. The Labute approximate surface area is 219 Å². The molecule has 0 aliphatic heterocycles. The number of amides is 2. The van der Waals surface area contributed by atoms with Gasteiger partial charge in [-0.1, -0.05) is 18.5 Å². The van der Waals surface area contributed by atoms with Crippen molar-refractivity contribution in [1.82, 2.24) is 9.97 Å². The number of halogens is 2. The maximum atomic E-state index is 13.1. The third-order valence-electron chi connectivity index (χ3n) is 4.79. The Morgan fingerprint density at radius 3 is 2.50 bits per heavy atom. The first-order valence-corrected chi connectivity index (χ1v) is 12.7. The van der Waals surface area contributed by atoms with E-state index in [0.717, 1.165) is 6.26 Å². The van der Waals surface area contributed by atoms with Crippen molar-refractivity contribution in [1.29, 1.82) is 0 Å². The highest BCUT2D eigenvalue weighted by Gasteiger charge is 2.21. The summed E-state index contributed by atoms with van der Waals surface area (Å²) in [5.74, 6) is -0.916. The third-order valence-corrected chi connectivity index (χ3v) is 6.13. The third kappa shape index (κ3) is 7.62. The van der Waals surface area contributed by atoms with Crippen LogP contribution < -0.4 is 21.1 Å². The van der Waals surface area contributed by atoms with Crippen molar-refractivity contribution in [2.45, 2.75) is 11.8 Å². The molecule has 1 atom stereocenters. The number of hydrogen-bond acceptors (Lipinski definition) is 8. The van der Waals surface area contributed by atoms with Gasteiger partial charge in [0.1, 0.15) is 11.6 Å². The van der Waals surface area contributed by atoms with Gasteiger partial charge >= 0.3 is 0 Å². The molecular formula is C23H25Cl2N5O5S. The molecule has 0 aliphatic rings. The van der Waals surface area contributed by atoms with Crippen LogP contribution in [0.25, 0.3) is 0 Å². The molecule has 0 aliphatic carbocycles. The first kappa shape index (κ1) is 29.0. The van der Waals surface area contributed by atoms with Gasteiger partial charge in [0.25, 0.3) is 11.8 Å². The number of carbonyl (C=O) groups excluding carboxylic acids is 2. The maximum absolute atomic E-state index is 13.1. The van der Waals surface area contributed by atoms with E-state index < -0.39 is 21.7 Å². The molecule has 10 nitrogen and oxygen atoms in total. The molecule has 0 bridgehead atoms. The number of rotatable bonds is 9. The number of nitrogens with two attached hydrogens (primary N) is 1. The number of anilines is 2. The minimum absolute atomic E-state index is 0. The van der Waals surface area contributed by atoms with Crippen LogP contribution in [0.3, 0.4) is 0 Å². The molecule has 13 heteroatoms. The molecule has 2 aromatic heterocycles. The zero-order valence-corrected chi connectivity index (χ0v) is 21.8. The normalized spacial score (nSPS) is 11.7. The van der Waals surface area contributed by atoms with Crippen LogP contribution in [0, 0.1) is 5.92 Å². The lowest BCUT2D eigenvalue weighted by molar-refractivity contribution is 0.102. The van der Waals surface area contributed by atoms with Crippen molar-refractivity contribution in [3.8, 4) is 5.75 Å². The minimum atomic E-state index is -3.53. The lowest BCUT2D eigenvalue weighted by Crippen LogP contribution is -2.22. The van der Waals surface area contributed by atoms with Crippen molar-refractivity contribution in [2.75, 3.05) is 30.0 Å². The lowest BCUT2D eigenvalue weighted by atomic mass is 10.1. The first-order chi connectivity index (χ1) is 16.6. The number of sulfone groups is 1. The smallest absolute Gasteiger partial charge is 0.277 e. The van der Waals surface area contributed by atoms with Gasteiger partial charge in [0, 0.05) is 24.6 Å². The van der Waals surface area contributed by atoms with Gasteiger partial charge in [-0.25, -0.2) is 18.4 Å². The minimum Gasteiger partial charge on any atom is -0.492 e. The van der Waals surface area contributed by atoms with E-state index in [1.807, 2.05) is 6.92 Å². The van der Waals surface area contributed by atoms with Gasteiger partial charge in [-0.2, -0.15) is 0 Å². The Balaban J connectivity index is 0.00000456. The predicted octanol–water partition coefficient (Wildman–Crippen LogP) is 3.43. The van der Waals surface area contributed by atoms with Crippen molar-refractivity contribution in [3.63, 3.8) is 0 Å². The highest BCUT2D eigenvalue weighted by atomic mass is 35.5. The van der Waals surface area contributed by atoms with Gasteiger partial charge in [-0.15, -0.1) is 12.4 Å². The lowest BCUT2D eigenvalue weighted by Gasteiger charge is -2.16. The molecule has 2 heterocycles. The highest BCUT2D eigenvalue weighted by Crippen LogP contribution is 2.26. The number of ether oxygens (including phenoxy) is 1. The molecule has 2 amide bonds. The fourth-order valence-electron chi connectivity index (χ4n) is 2.84. The molecule has 0 saturated heterocycles. The van der Waals surface area contributed by atoms with Crippen LogP contribution in [0.15, 0.2) is 59.8 Å². The van der Waals surface area contributed by atoms with Crippen LogP contribution in [-0.2, 0) is 9.84 Å². The van der Waals surface area contributed by atoms with Crippen LogP contribution in [0.5, 0.6) is 5.75 Å². The maximum Gasteiger partial charge on any atom is 0.277 e. The molecular weight excluding hydrogens is 529 g/mol. The van der Waals surface area contributed by atoms with Crippen LogP contribution in [-0.4, -0.2) is 49.6 Å². The number of aromatic nitrogens is 2. The Kier molecular flexibility index (Phi) is 10.2. The second-order valence-electron chi connectivity index (χ2n) is 7.75. The van der Waals surface area contributed by atoms with Crippen LogP contribution in [0.2, 0.25) is 5.02 Å². The van der Waals surface area contributed by atoms with E-state index in [1.165, 1.54) is 42.7 Å². The van der Waals surface area contributed by atoms with E-state index >= 15 is 0 Å². The van der Waals surface area contributed by atoms with E-state index in [0.29, 0.717) is 11.6 Å². The summed E-state index contributed by atoms with van der Waals surface area (Å²) in [4.78, 5) is 34.0. The van der Waals surface area contributed by atoms with Crippen LogP contribution in [0.1, 0.15) is 27.8 Å². The topological polar surface area (TPSA) is 153 Å². The standard InChI is InChI=1S/C23H24ClN5O5S.ClH/c1-14(11-25)13-34-19-10-16(35(2,32)33)6-7-17(19)22(30)28-18-4-3-9-26-21(18)23(31)29-20-8-5-15(24)12-27-20;/h3-10,12,14H,11,13,25H2,1-2H3,(H,28,30)(H,27,29,31);1H/t14-;/m1./s1. The second-order valence-corrected chi connectivity index (χ2v) is 10.2. The van der Waals surface area contributed by atoms with Crippen LogP contribution in [0.4, 0.5) is 11.5 Å². The summed E-state index contributed by atoms with van der Waals surface area (Å²) >= 11 is 5.82. The summed E-state index contributed by atoms with van der Waals surface area (Å²) < 4.78 is 29.7. The molecule has 4 N–H and O–H groups in total. The Morgan fingerprint density at radius 1 is 1.11 bits per heavy atom. The Morgan fingerprint density at radius 2 is 1.86 bits per heavy atom. The molecule has 0 fully saturated rings. The van der Waals surface area contributed by atoms with E-state index in [2.05, 4.69) is 20.6 Å². The summed E-state index contributed by atoms with van der Waals surface area (Å²) in [5, 5.41) is 5.64. The van der Waals surface area contributed by atoms with Crippen molar-refractivity contribution in [2.24, 2.45) is 11.7 Å². The molecule has 192 valence electrons. The van der Waals surface area contributed by atoms with Crippen molar-refractivity contribution >= 4 is 57.2 Å². The number of nitrogens with zero attached hydrogens (tertiary/aromatic N) is 2. The summed E-state index contributed by atoms with van der Waals surface area (Å²) in [5.41, 5.74) is 5.80. The molecule has 0 spiro atoms. The van der Waals surface area contributed by atoms with Gasteiger partial charge in [0.2, 0.25) is 0 Å². The summed E-state index contributed by atoms with van der Waals surface area (Å²) in [6.07, 6.45) is 3.85. The zero-order valence-electron chi connectivity index (χ0n) is 19.4. The number of pyridine rings is 2. The van der Waals surface area contributed by atoms with Gasteiger partial charge in [0.05, 0.1) is 27.8 Å². The fourth-order valence-corrected chi connectivity index (χ4v) is 3.59. The number of carbonyl (C=O) groups is 2. The van der Waals surface area contributed by atoms with Gasteiger partial charge in [0.15, 0.2) is 15.5 Å². The van der Waals surface area contributed by atoms with E-state index in [9.17, 15) is 18.0 Å². The Hall–Kier alpha value is -3.25. The van der Waals surface area contributed by atoms with Gasteiger partial charge in [-0.05, 0) is 49.0 Å². The zero-order chi connectivity index (χ0) is 25.6. The fraction of sp³-hybridized carbons (Fsp3) is 0.217. The molecule has 36 heavy (non-hydrogen) atoms. The number of hydrogen-bond donors (Lipinski definition) is 3. The molecule has 0 radical (unpaired) electrons. The molecule has 0 saturated carbocycles. The monoisotopic (exact) mass is 553 g/mol. The van der Waals surface area contributed by atoms with E-state index in [4.69, 9.17) is 22.1 Å². The molecule has 3 aromatic rings. The molecule has 1 aromatic carbocycles. The average Bonchev–Trinajstić information content (AvgIpc) is 2.83. The first-order valence-electron chi connectivity index (χ1n) is 10.4. The van der Waals surface area contributed by atoms with Gasteiger partial charge < -0.3 is 21.1 Å². The van der Waals surface area contributed by atoms with E-state index in [1.54, 1.807) is 12.1 Å². The summed E-state index contributed by atoms with van der Waals surface area (Å²) in [7, 11) is -3.53.